The molecule has 0 aliphatic carbocycles. The molecule has 0 aliphatic heterocycles. The van der Waals surface area contributed by atoms with Crippen molar-refractivity contribution in [2.45, 2.75) is 10.4 Å². The molecule has 3 N–H and O–H groups in total. The second-order valence-electron chi connectivity index (χ2n) is 5.62. The molecule has 0 aliphatic rings. The Kier molecular flexibility index (Phi) is 7.32. The number of anilines is 2. The number of ether oxygens (including phenoxy) is 1. The van der Waals surface area contributed by atoms with Gasteiger partial charge in [-0.25, -0.2) is 0 Å². The zero-order valence-corrected chi connectivity index (χ0v) is 17.8. The van der Waals surface area contributed by atoms with E-state index in [0.717, 1.165) is 23.1 Å². The molecule has 11 heteroatoms. The third kappa shape index (κ3) is 6.33. The Hall–Kier alpha value is -2.33. The summed E-state index contributed by atoms with van der Waals surface area (Å²) in [4.78, 5) is 25.2. The van der Waals surface area contributed by atoms with E-state index in [0.29, 0.717) is 30.8 Å². The third-order valence-electron chi connectivity index (χ3n) is 3.46. The van der Waals surface area contributed by atoms with Gasteiger partial charge >= 0.3 is 5.97 Å². The average Bonchev–Trinajstić information content (AvgIpc) is 3.09. The highest BCUT2D eigenvalue weighted by atomic mass is 35.5. The lowest BCUT2D eigenvalue weighted by Crippen LogP contribution is -2.26. The summed E-state index contributed by atoms with van der Waals surface area (Å²) in [6.07, 6.45) is -1.15. The Labute approximate surface area is 184 Å². The van der Waals surface area contributed by atoms with E-state index in [1.165, 1.54) is 0 Å². The van der Waals surface area contributed by atoms with Crippen molar-refractivity contribution in [2.24, 2.45) is 0 Å². The Morgan fingerprint density at radius 2 is 1.83 bits per heavy atom. The van der Waals surface area contributed by atoms with Gasteiger partial charge in [0, 0.05) is 21.3 Å². The van der Waals surface area contributed by atoms with Crippen LogP contribution in [0.4, 0.5) is 10.8 Å². The van der Waals surface area contributed by atoms with Gasteiger partial charge in [0.25, 0.3) is 5.91 Å². The summed E-state index contributed by atoms with van der Waals surface area (Å²) < 4.78 is 5.98. The number of rotatable bonds is 7. The lowest BCUT2D eigenvalue weighted by atomic mass is 10.1. The fourth-order valence-electron chi connectivity index (χ4n) is 2.30. The Morgan fingerprint density at radius 1 is 1.14 bits per heavy atom. The van der Waals surface area contributed by atoms with Crippen LogP contribution in [-0.2, 0) is 14.3 Å². The Bertz CT molecular complexity index is 997. The number of carbonyl (C=O) groups excluding carboxylic acids is 2. The topological polar surface area (TPSA) is 107 Å². The minimum Gasteiger partial charge on any atom is -0.447 e. The maximum absolute atomic E-state index is 12.8. The van der Waals surface area contributed by atoms with Gasteiger partial charge in [0.15, 0.2) is 4.34 Å². The van der Waals surface area contributed by atoms with Crippen molar-refractivity contribution >= 4 is 69.0 Å². The van der Waals surface area contributed by atoms with Crippen molar-refractivity contribution in [3.63, 3.8) is 0 Å². The number of amides is 1. The summed E-state index contributed by atoms with van der Waals surface area (Å²) >= 11 is 14.2. The number of hydrogen-bond acceptors (Lipinski definition) is 8. The zero-order valence-electron chi connectivity index (χ0n) is 14.7. The number of benzene rings is 2. The smallest absolute Gasteiger partial charge is 0.317 e. The second-order valence-corrected chi connectivity index (χ2v) is 8.73. The highest BCUT2D eigenvalue weighted by Crippen LogP contribution is 2.27. The number of halogens is 2. The maximum atomic E-state index is 12.8. The van der Waals surface area contributed by atoms with Crippen molar-refractivity contribution in [3.8, 4) is 0 Å². The largest absolute Gasteiger partial charge is 0.447 e. The molecule has 1 aromatic heterocycles. The van der Waals surface area contributed by atoms with Crippen LogP contribution in [0.25, 0.3) is 0 Å². The monoisotopic (exact) mass is 468 g/mol. The molecular weight excluding hydrogens is 455 g/mol. The number of esters is 1. The van der Waals surface area contributed by atoms with Crippen LogP contribution in [0.5, 0.6) is 0 Å². The van der Waals surface area contributed by atoms with Crippen molar-refractivity contribution in [1.82, 2.24) is 10.2 Å². The molecular formula is C18H14Cl2N4O3S2. The van der Waals surface area contributed by atoms with E-state index in [1.54, 1.807) is 48.5 Å². The molecule has 2 aromatic carbocycles. The molecule has 0 fully saturated rings. The lowest BCUT2D eigenvalue weighted by molar-refractivity contribution is -0.152. The first kappa shape index (κ1) is 21.4. The Balaban J connectivity index is 1.72. The number of aromatic nitrogens is 2. The van der Waals surface area contributed by atoms with Crippen molar-refractivity contribution in [1.29, 1.82) is 0 Å². The molecule has 1 heterocycles. The van der Waals surface area contributed by atoms with Gasteiger partial charge in [0.2, 0.25) is 11.2 Å². The molecule has 0 saturated heterocycles. The van der Waals surface area contributed by atoms with Gasteiger partial charge in [0.1, 0.15) is 0 Å². The van der Waals surface area contributed by atoms with Crippen molar-refractivity contribution in [3.05, 3.63) is 64.1 Å². The van der Waals surface area contributed by atoms with E-state index in [1.807, 2.05) is 0 Å². The van der Waals surface area contributed by atoms with Crippen molar-refractivity contribution in [2.75, 3.05) is 16.8 Å². The average molecular weight is 469 g/mol. The van der Waals surface area contributed by atoms with Gasteiger partial charge < -0.3 is 15.8 Å². The van der Waals surface area contributed by atoms with Crippen LogP contribution in [0.1, 0.15) is 11.7 Å². The van der Waals surface area contributed by atoms with Crippen LogP contribution >= 0.6 is 46.3 Å². The molecule has 0 spiro atoms. The molecule has 29 heavy (non-hydrogen) atoms. The molecule has 1 amide bonds. The fraction of sp³-hybridized carbons (Fsp3) is 0.111. The summed E-state index contributed by atoms with van der Waals surface area (Å²) in [5, 5.41) is 11.2. The normalized spacial score (nSPS) is 11.7. The number of nitrogens with two attached hydrogens (primary N) is 1. The number of nitrogen functional groups attached to an aromatic ring is 1. The maximum Gasteiger partial charge on any atom is 0.317 e. The number of nitrogens with zero attached hydrogens (tertiary/aromatic N) is 2. The molecule has 0 bridgehead atoms. The van der Waals surface area contributed by atoms with Crippen LogP contribution in [0.2, 0.25) is 10.0 Å². The summed E-state index contributed by atoms with van der Waals surface area (Å²) in [6.45, 7) is 0. The highest BCUT2D eigenvalue weighted by Gasteiger charge is 2.25. The van der Waals surface area contributed by atoms with Gasteiger partial charge in [-0.15, -0.1) is 10.2 Å². The number of thioether (sulfide) groups is 1. The standard InChI is InChI=1S/C18H14Cl2N4O3S2/c19-11-6-12(20)8-13(7-11)22-16(26)15(10-4-2-1-3-5-10)27-14(25)9-28-18-24-23-17(21)29-18/h1-8,15H,9H2,(H2,21,23)(H,22,26). The molecule has 0 saturated carbocycles. The van der Waals surface area contributed by atoms with E-state index in [9.17, 15) is 9.59 Å². The first-order chi connectivity index (χ1) is 13.9. The second kappa shape index (κ2) is 9.93. The predicted molar refractivity (Wildman–Crippen MR) is 115 cm³/mol. The van der Waals surface area contributed by atoms with Gasteiger partial charge in [-0.1, -0.05) is 76.6 Å². The van der Waals surface area contributed by atoms with Crippen LogP contribution in [0.3, 0.4) is 0 Å². The quantitative estimate of drug-likeness (QED) is 0.389. The fourth-order valence-corrected chi connectivity index (χ4v) is 4.24. The molecule has 0 radical (unpaired) electrons. The zero-order chi connectivity index (χ0) is 20.8. The van der Waals surface area contributed by atoms with Gasteiger partial charge in [0.05, 0.1) is 5.75 Å². The minimum absolute atomic E-state index is 0.0474. The summed E-state index contributed by atoms with van der Waals surface area (Å²) in [5.74, 6) is -1.17. The van der Waals surface area contributed by atoms with Gasteiger partial charge in [-0.3, -0.25) is 9.59 Å². The lowest BCUT2D eigenvalue weighted by Gasteiger charge is -2.18. The summed E-state index contributed by atoms with van der Waals surface area (Å²) in [7, 11) is 0. The van der Waals surface area contributed by atoms with Gasteiger partial charge in [-0.05, 0) is 18.2 Å². The first-order valence-corrected chi connectivity index (χ1v) is 10.7. The molecule has 3 rings (SSSR count). The molecule has 1 atom stereocenters. The Morgan fingerprint density at radius 3 is 2.45 bits per heavy atom. The van der Waals surface area contributed by atoms with E-state index in [4.69, 9.17) is 33.7 Å². The van der Waals surface area contributed by atoms with Crippen LogP contribution in [0.15, 0.2) is 52.9 Å². The predicted octanol–water partition coefficient (Wildman–Crippen LogP) is 4.44. The number of carbonyl (C=O) groups is 2. The summed E-state index contributed by atoms with van der Waals surface area (Å²) in [5.41, 5.74) is 6.44. The minimum atomic E-state index is -1.15. The molecule has 3 aromatic rings. The number of hydrogen-bond donors (Lipinski definition) is 2. The van der Waals surface area contributed by atoms with Gasteiger partial charge in [-0.2, -0.15) is 0 Å². The van der Waals surface area contributed by atoms with Crippen LogP contribution in [-0.4, -0.2) is 27.8 Å². The molecule has 1 unspecified atom stereocenters. The molecule has 7 nitrogen and oxygen atoms in total. The van der Waals surface area contributed by atoms with Crippen LogP contribution < -0.4 is 11.1 Å². The summed E-state index contributed by atoms with van der Waals surface area (Å²) in [6, 6.07) is 13.3. The van der Waals surface area contributed by atoms with Crippen molar-refractivity contribution < 1.29 is 14.3 Å². The van der Waals surface area contributed by atoms with E-state index < -0.39 is 18.0 Å². The number of nitrogens with one attached hydrogen (secondary N) is 1. The first-order valence-electron chi connectivity index (χ1n) is 8.14. The van der Waals surface area contributed by atoms with E-state index >= 15 is 0 Å². The third-order valence-corrected chi connectivity index (χ3v) is 5.75. The SMILES string of the molecule is Nc1nnc(SCC(=O)OC(C(=O)Nc2cc(Cl)cc(Cl)c2)c2ccccc2)s1. The van der Waals surface area contributed by atoms with E-state index in [-0.39, 0.29) is 5.75 Å². The van der Waals surface area contributed by atoms with E-state index in [2.05, 4.69) is 15.5 Å². The van der Waals surface area contributed by atoms with Crippen LogP contribution in [0, 0.1) is 0 Å². The highest BCUT2D eigenvalue weighted by molar-refractivity contribution is 8.01. The molecule has 150 valence electrons.